The van der Waals surface area contributed by atoms with Gasteiger partial charge in [-0.3, -0.25) is 0 Å². The average molecular weight is 225 g/mol. The van der Waals surface area contributed by atoms with E-state index in [9.17, 15) is 13.5 Å². The van der Waals surface area contributed by atoms with E-state index in [2.05, 4.69) is 5.32 Å². The van der Waals surface area contributed by atoms with E-state index in [4.69, 9.17) is 5.11 Å². The Balaban J connectivity index is 3.68. The quantitative estimate of drug-likeness (QED) is 0.472. The summed E-state index contributed by atoms with van der Waals surface area (Å²) >= 11 is 0. The number of aliphatic hydroxyl groups excluding tert-OH is 1. The van der Waals surface area contributed by atoms with Gasteiger partial charge in [-0.25, -0.2) is 8.42 Å². The zero-order chi connectivity index (χ0) is 11.2. The zero-order valence-electron chi connectivity index (χ0n) is 8.65. The van der Waals surface area contributed by atoms with Gasteiger partial charge in [0.1, 0.15) is 0 Å². The van der Waals surface area contributed by atoms with E-state index in [1.807, 2.05) is 0 Å². The molecular formula is C8H19NO4S. The maximum atomic E-state index is 11.0. The van der Waals surface area contributed by atoms with Crippen LogP contribution in [0.1, 0.15) is 13.8 Å². The van der Waals surface area contributed by atoms with Crippen molar-refractivity contribution in [2.24, 2.45) is 0 Å². The predicted octanol–water partition coefficient (Wildman–Crippen LogP) is -1.25. The Morgan fingerprint density at radius 2 is 2.00 bits per heavy atom. The minimum absolute atomic E-state index is 0.0605. The van der Waals surface area contributed by atoms with Crippen LogP contribution in [-0.4, -0.2) is 55.4 Å². The largest absolute Gasteiger partial charge is 0.393 e. The van der Waals surface area contributed by atoms with Crippen molar-refractivity contribution in [1.82, 2.24) is 5.32 Å². The summed E-state index contributed by atoms with van der Waals surface area (Å²) in [6, 6.07) is 0. The van der Waals surface area contributed by atoms with Crippen molar-refractivity contribution >= 4 is 9.84 Å². The summed E-state index contributed by atoms with van der Waals surface area (Å²) in [5, 5.41) is 20.8. The second kappa shape index (κ2) is 5.65. The third-order valence-corrected chi connectivity index (χ3v) is 3.58. The van der Waals surface area contributed by atoms with E-state index >= 15 is 0 Å². The highest BCUT2D eigenvalue weighted by Gasteiger charge is 2.18. The normalized spacial score (nSPS) is 16.6. The first-order valence-corrected chi connectivity index (χ1v) is 6.39. The molecule has 0 aromatic carbocycles. The summed E-state index contributed by atoms with van der Waals surface area (Å²) in [5.74, 6) is 0.191. The topological polar surface area (TPSA) is 86.6 Å². The smallest absolute Gasteiger partial charge is 0.151 e. The molecule has 0 saturated carbocycles. The Labute approximate surface area is 85.1 Å². The van der Waals surface area contributed by atoms with Crippen LogP contribution in [0, 0.1) is 0 Å². The maximum Gasteiger partial charge on any atom is 0.151 e. The lowest BCUT2D eigenvalue weighted by molar-refractivity contribution is 0.00322. The highest BCUT2D eigenvalue weighted by atomic mass is 32.2. The van der Waals surface area contributed by atoms with Crippen LogP contribution in [0.25, 0.3) is 0 Å². The third kappa shape index (κ3) is 6.31. The number of hydrogen-bond donors (Lipinski definition) is 3. The van der Waals surface area contributed by atoms with Gasteiger partial charge in [-0.15, -0.1) is 0 Å². The molecular weight excluding hydrogens is 206 g/mol. The molecule has 0 bridgehead atoms. The van der Waals surface area contributed by atoms with Crippen LogP contribution in [-0.2, 0) is 9.84 Å². The second-order valence-electron chi connectivity index (χ2n) is 3.57. The van der Waals surface area contributed by atoms with Crippen LogP contribution < -0.4 is 5.32 Å². The van der Waals surface area contributed by atoms with Gasteiger partial charge in [-0.2, -0.15) is 0 Å². The van der Waals surface area contributed by atoms with E-state index in [-0.39, 0.29) is 24.7 Å². The monoisotopic (exact) mass is 225 g/mol. The molecule has 6 heteroatoms. The molecule has 0 amide bonds. The lowest BCUT2D eigenvalue weighted by Gasteiger charge is -2.20. The Bertz CT molecular complexity index is 248. The van der Waals surface area contributed by atoms with Gasteiger partial charge >= 0.3 is 0 Å². The van der Waals surface area contributed by atoms with Gasteiger partial charge in [0.15, 0.2) is 9.84 Å². The Kier molecular flexibility index (Phi) is 5.58. The predicted molar refractivity (Wildman–Crippen MR) is 54.9 cm³/mol. The number of nitrogens with one attached hydrogen (secondary N) is 1. The summed E-state index contributed by atoms with van der Waals surface area (Å²) in [4.78, 5) is 0. The van der Waals surface area contributed by atoms with Crippen LogP contribution in [0.5, 0.6) is 0 Å². The molecule has 5 nitrogen and oxygen atoms in total. The first kappa shape index (κ1) is 13.8. The second-order valence-corrected chi connectivity index (χ2v) is 6.04. The van der Waals surface area contributed by atoms with E-state index in [1.165, 1.54) is 6.92 Å². The first-order valence-electron chi connectivity index (χ1n) is 4.57. The molecule has 1 atom stereocenters. The van der Waals surface area contributed by atoms with Gasteiger partial charge in [0, 0.05) is 18.8 Å². The molecule has 0 radical (unpaired) electrons. The standard InChI is InChI=1S/C8H19NO4S/c1-3-14(12,13)5-4-9-6-8(2,11)7-10/h9-11H,3-7H2,1-2H3. The van der Waals surface area contributed by atoms with Gasteiger partial charge in [0.05, 0.1) is 18.0 Å². The highest BCUT2D eigenvalue weighted by Crippen LogP contribution is 1.98. The van der Waals surface area contributed by atoms with Crippen LogP contribution >= 0.6 is 0 Å². The van der Waals surface area contributed by atoms with E-state index in [0.29, 0.717) is 6.54 Å². The van der Waals surface area contributed by atoms with Crippen molar-refractivity contribution in [2.45, 2.75) is 19.4 Å². The van der Waals surface area contributed by atoms with E-state index in [1.54, 1.807) is 6.92 Å². The van der Waals surface area contributed by atoms with Gasteiger partial charge in [-0.05, 0) is 6.92 Å². The molecule has 86 valence electrons. The van der Waals surface area contributed by atoms with Crippen molar-refractivity contribution in [3.8, 4) is 0 Å². The molecule has 1 unspecified atom stereocenters. The summed E-state index contributed by atoms with van der Waals surface area (Å²) < 4.78 is 22.1. The van der Waals surface area contributed by atoms with E-state index < -0.39 is 15.4 Å². The molecule has 0 heterocycles. The van der Waals surface area contributed by atoms with Crippen LogP contribution in [0.15, 0.2) is 0 Å². The fourth-order valence-corrected chi connectivity index (χ4v) is 1.53. The summed E-state index contributed by atoms with van der Waals surface area (Å²) in [7, 11) is -2.95. The van der Waals surface area contributed by atoms with Crippen molar-refractivity contribution in [3.05, 3.63) is 0 Å². The minimum Gasteiger partial charge on any atom is -0.393 e. The molecule has 3 N–H and O–H groups in total. The molecule has 0 fully saturated rings. The fourth-order valence-electron chi connectivity index (χ4n) is 0.786. The maximum absolute atomic E-state index is 11.0. The minimum atomic E-state index is -2.95. The van der Waals surface area contributed by atoms with Crippen LogP contribution in [0.4, 0.5) is 0 Å². The summed E-state index contributed by atoms with van der Waals surface area (Å²) in [6.45, 7) is 3.21. The van der Waals surface area contributed by atoms with Crippen LogP contribution in [0.2, 0.25) is 0 Å². The summed E-state index contributed by atoms with van der Waals surface area (Å²) in [6.07, 6.45) is 0. The average Bonchev–Trinajstić information content (AvgIpc) is 2.13. The Morgan fingerprint density at radius 3 is 2.43 bits per heavy atom. The van der Waals surface area contributed by atoms with Crippen LogP contribution in [0.3, 0.4) is 0 Å². The lowest BCUT2D eigenvalue weighted by atomic mass is 10.1. The van der Waals surface area contributed by atoms with Gasteiger partial charge in [0.2, 0.25) is 0 Å². The van der Waals surface area contributed by atoms with Crippen molar-refractivity contribution in [3.63, 3.8) is 0 Å². The molecule has 0 aliphatic rings. The molecule has 0 rings (SSSR count). The molecule has 0 aliphatic carbocycles. The summed E-state index contributed by atoms with van der Waals surface area (Å²) in [5.41, 5.74) is -1.18. The van der Waals surface area contributed by atoms with Gasteiger partial charge in [0.25, 0.3) is 0 Å². The lowest BCUT2D eigenvalue weighted by Crippen LogP contribution is -2.42. The number of sulfone groups is 1. The molecule has 0 aromatic heterocycles. The Morgan fingerprint density at radius 1 is 1.43 bits per heavy atom. The number of rotatable bonds is 7. The third-order valence-electron chi connectivity index (χ3n) is 1.88. The van der Waals surface area contributed by atoms with Crippen molar-refractivity contribution in [2.75, 3.05) is 31.2 Å². The molecule has 0 aromatic rings. The van der Waals surface area contributed by atoms with Gasteiger partial charge < -0.3 is 15.5 Å². The number of aliphatic hydroxyl groups is 2. The zero-order valence-corrected chi connectivity index (χ0v) is 9.47. The highest BCUT2D eigenvalue weighted by molar-refractivity contribution is 7.91. The van der Waals surface area contributed by atoms with Gasteiger partial charge in [-0.1, -0.05) is 6.92 Å². The first-order chi connectivity index (χ1) is 6.33. The molecule has 14 heavy (non-hydrogen) atoms. The SMILES string of the molecule is CCS(=O)(=O)CCNCC(C)(O)CO. The van der Waals surface area contributed by atoms with Crippen molar-refractivity contribution < 1.29 is 18.6 Å². The number of hydrogen-bond acceptors (Lipinski definition) is 5. The van der Waals surface area contributed by atoms with Crippen molar-refractivity contribution in [1.29, 1.82) is 0 Å². The molecule has 0 saturated heterocycles. The Hall–Kier alpha value is -0.170. The van der Waals surface area contributed by atoms with E-state index in [0.717, 1.165) is 0 Å². The molecule has 0 aliphatic heterocycles. The fraction of sp³-hybridized carbons (Fsp3) is 1.00. The molecule has 0 spiro atoms.